The maximum Gasteiger partial charge on any atom is 0.0798 e. The molecule has 9 heteroatoms. The van der Waals surface area contributed by atoms with E-state index < -0.39 is 0 Å². The Labute approximate surface area is 449 Å². The van der Waals surface area contributed by atoms with Gasteiger partial charge in [0.25, 0.3) is 0 Å². The second-order valence-electron chi connectivity index (χ2n) is 20.2. The minimum atomic E-state index is 0.819. The standard InChI is InChI=1S/C68H50N8S/c1-39-5-13-43(14-6-39)63-51-25-21-47(69-51)37-48-22-26-52(70-48)64(44-15-7-40(2)8-16-44)56-30-34-60(74-56)67(59-33-29-55(63)73-59)77-68-61-35-31-57(75-61)65(45-17-9-41(3)10-18-45)53-27-23-49(71-53)38-50-24-28-54(72-50)66(58-32-36-62(68)76-58)46-19-11-42(4)12-20-46/h5-38,69,71,74,76H,1-4H3. The topological polar surface area (TPSA) is 115 Å². The van der Waals surface area contributed by atoms with E-state index in [0.29, 0.717) is 0 Å². The number of aromatic amines is 4. The molecule has 0 fully saturated rings. The van der Waals surface area contributed by atoms with Crippen molar-refractivity contribution in [2.24, 2.45) is 0 Å². The zero-order chi connectivity index (χ0) is 51.7. The number of hydrogen-bond donors (Lipinski definition) is 4. The largest absolute Gasteiger partial charge is 0.355 e. The molecule has 0 unspecified atom stereocenters. The number of aryl methyl sites for hydroxylation is 4. The van der Waals surface area contributed by atoms with E-state index in [-0.39, 0.29) is 0 Å². The molecule has 4 N–H and O–H groups in total. The summed E-state index contributed by atoms with van der Waals surface area (Å²) in [5.74, 6) is 0. The summed E-state index contributed by atoms with van der Waals surface area (Å²) in [5.41, 5.74) is 27.4. The zero-order valence-electron chi connectivity index (χ0n) is 42.8. The second kappa shape index (κ2) is 18.7. The summed E-state index contributed by atoms with van der Waals surface area (Å²) in [5, 5.41) is 0. The van der Waals surface area contributed by atoms with Gasteiger partial charge in [-0.1, -0.05) is 131 Å². The monoisotopic (exact) mass is 1010 g/mol. The lowest BCUT2D eigenvalue weighted by atomic mass is 10.0. The first-order valence-electron chi connectivity index (χ1n) is 25.9. The minimum Gasteiger partial charge on any atom is -0.355 e. The quantitative estimate of drug-likeness (QED) is 0.132. The first-order chi connectivity index (χ1) is 37.7. The van der Waals surface area contributed by atoms with Crippen LogP contribution in [-0.4, -0.2) is 39.9 Å². The molecule has 4 aliphatic heterocycles. The maximum atomic E-state index is 5.62. The average Bonchev–Trinajstić information content (AvgIpc) is 4.31. The van der Waals surface area contributed by atoms with Crippen molar-refractivity contribution in [3.8, 4) is 44.5 Å². The molecule has 0 saturated heterocycles. The summed E-state index contributed by atoms with van der Waals surface area (Å²) in [6.07, 6.45) is 17.0. The molecule has 4 aliphatic rings. The van der Waals surface area contributed by atoms with Crippen LogP contribution in [0.2, 0.25) is 0 Å². The van der Waals surface area contributed by atoms with Crippen LogP contribution >= 0.6 is 11.8 Å². The van der Waals surface area contributed by atoms with Crippen molar-refractivity contribution in [1.82, 2.24) is 39.9 Å². The Morgan fingerprint density at radius 3 is 0.922 bits per heavy atom. The van der Waals surface area contributed by atoms with Crippen LogP contribution in [0.15, 0.2) is 168 Å². The van der Waals surface area contributed by atoms with Gasteiger partial charge in [-0.3, -0.25) is 0 Å². The van der Waals surface area contributed by atoms with Crippen molar-refractivity contribution >= 4 is 105 Å². The van der Waals surface area contributed by atoms with E-state index in [0.717, 1.165) is 144 Å². The van der Waals surface area contributed by atoms with Crippen molar-refractivity contribution in [2.75, 3.05) is 0 Å². The number of benzene rings is 4. The van der Waals surface area contributed by atoms with Crippen molar-refractivity contribution in [1.29, 1.82) is 0 Å². The van der Waals surface area contributed by atoms with Crippen LogP contribution < -0.4 is 0 Å². The highest BCUT2D eigenvalue weighted by molar-refractivity contribution is 8.00. The normalized spacial score (nSPS) is 12.5. The third-order valence-electron chi connectivity index (χ3n) is 14.6. The number of fused-ring (bicyclic) bond motifs is 16. The van der Waals surface area contributed by atoms with Gasteiger partial charge in [-0.05, 0) is 159 Å². The Kier molecular flexibility index (Phi) is 11.2. The van der Waals surface area contributed by atoms with Gasteiger partial charge in [-0.15, -0.1) is 0 Å². The Bertz CT molecular complexity index is 4160. The molecule has 4 aromatic carbocycles. The minimum absolute atomic E-state index is 0.819. The number of nitrogens with one attached hydrogen (secondary N) is 4. The first-order valence-corrected chi connectivity index (χ1v) is 26.7. The van der Waals surface area contributed by atoms with Crippen molar-refractivity contribution < 1.29 is 0 Å². The molecule has 14 rings (SSSR count). The molecule has 368 valence electrons. The van der Waals surface area contributed by atoms with Crippen LogP contribution in [0.3, 0.4) is 0 Å². The molecule has 6 aromatic heterocycles. The molecule has 10 heterocycles. The SMILES string of the molecule is Cc1ccc(-c2c3nc(c(Sc4c5nc(c(-c6ccc(C)cc6)c6ccc(cc7nc(c(-c8ccc(C)cc8)c8ccc4[nH]8)C=C7)[nH]6)C=C5)c4ccc([nH]4)c(-c4ccc(C)cc4)c4nc(cc5ccc2[nH]5)C=C4)C=C3)cc1. The molecule has 16 bridgehead atoms. The number of nitrogens with zero attached hydrogens (tertiary/aromatic N) is 4. The molecule has 0 radical (unpaired) electrons. The van der Waals surface area contributed by atoms with E-state index in [1.165, 1.54) is 22.3 Å². The summed E-state index contributed by atoms with van der Waals surface area (Å²) in [6, 6.07) is 56.2. The van der Waals surface area contributed by atoms with E-state index in [1.54, 1.807) is 11.8 Å². The summed E-state index contributed by atoms with van der Waals surface area (Å²) in [6.45, 7) is 8.48. The highest BCUT2D eigenvalue weighted by atomic mass is 32.2. The number of hydrogen-bond acceptors (Lipinski definition) is 5. The van der Waals surface area contributed by atoms with Crippen LogP contribution in [0.1, 0.15) is 67.8 Å². The van der Waals surface area contributed by atoms with Crippen LogP contribution in [0.4, 0.5) is 0 Å². The molecule has 0 spiro atoms. The van der Waals surface area contributed by atoms with E-state index in [4.69, 9.17) is 19.9 Å². The third-order valence-corrected chi connectivity index (χ3v) is 15.9. The third kappa shape index (κ3) is 8.66. The van der Waals surface area contributed by atoms with Gasteiger partial charge in [-0.25, -0.2) is 19.9 Å². The summed E-state index contributed by atoms with van der Waals surface area (Å²) >= 11 is 1.66. The van der Waals surface area contributed by atoms with Gasteiger partial charge in [0.1, 0.15) is 0 Å². The lowest BCUT2D eigenvalue weighted by Crippen LogP contribution is -1.90. The number of rotatable bonds is 6. The van der Waals surface area contributed by atoms with Crippen molar-refractivity contribution in [3.05, 3.63) is 226 Å². The molecule has 77 heavy (non-hydrogen) atoms. The smallest absolute Gasteiger partial charge is 0.0798 e. The molecule has 10 aromatic rings. The van der Waals surface area contributed by atoms with E-state index >= 15 is 0 Å². The van der Waals surface area contributed by atoms with Crippen molar-refractivity contribution in [3.63, 3.8) is 0 Å². The molecule has 0 saturated carbocycles. The summed E-state index contributed by atoms with van der Waals surface area (Å²) in [7, 11) is 0. The lowest BCUT2D eigenvalue weighted by Gasteiger charge is -2.08. The Morgan fingerprint density at radius 1 is 0.273 bits per heavy atom. The highest BCUT2D eigenvalue weighted by Crippen LogP contribution is 2.43. The van der Waals surface area contributed by atoms with E-state index in [9.17, 15) is 0 Å². The fraction of sp³-hybridized carbons (Fsp3) is 0.0588. The average molecular weight is 1010 g/mol. The molecule has 0 amide bonds. The van der Waals surface area contributed by atoms with Crippen LogP contribution in [-0.2, 0) is 0 Å². The van der Waals surface area contributed by atoms with Crippen LogP contribution in [0, 0.1) is 27.7 Å². The van der Waals surface area contributed by atoms with Crippen LogP contribution in [0.5, 0.6) is 0 Å². The number of aromatic nitrogens is 8. The fourth-order valence-electron chi connectivity index (χ4n) is 10.6. The van der Waals surface area contributed by atoms with E-state index in [2.05, 4.69) is 254 Å². The van der Waals surface area contributed by atoms with Gasteiger partial charge in [0.05, 0.1) is 66.4 Å². The highest BCUT2D eigenvalue weighted by Gasteiger charge is 2.21. The lowest BCUT2D eigenvalue weighted by molar-refractivity contribution is 1.23. The Hall–Kier alpha value is -9.57. The maximum absolute atomic E-state index is 5.62. The van der Waals surface area contributed by atoms with Gasteiger partial charge in [0, 0.05) is 55.4 Å². The van der Waals surface area contributed by atoms with Gasteiger partial charge in [0.2, 0.25) is 0 Å². The van der Waals surface area contributed by atoms with Crippen molar-refractivity contribution in [2.45, 2.75) is 37.5 Å². The second-order valence-corrected chi connectivity index (χ2v) is 21.2. The molecular formula is C68H50N8S. The predicted octanol–water partition coefficient (Wildman–Crippen LogP) is 17.7. The zero-order valence-corrected chi connectivity index (χ0v) is 43.6. The van der Waals surface area contributed by atoms with Crippen LogP contribution in [0.25, 0.3) is 137 Å². The summed E-state index contributed by atoms with van der Waals surface area (Å²) < 4.78 is 0. The number of H-pyrrole nitrogens is 4. The van der Waals surface area contributed by atoms with Gasteiger partial charge < -0.3 is 19.9 Å². The molecular weight excluding hydrogens is 961 g/mol. The molecule has 0 aliphatic carbocycles. The molecule has 0 atom stereocenters. The molecule has 8 nitrogen and oxygen atoms in total. The van der Waals surface area contributed by atoms with E-state index in [1.807, 2.05) is 0 Å². The summed E-state index contributed by atoms with van der Waals surface area (Å²) in [4.78, 5) is 39.0. The first kappa shape index (κ1) is 46.0. The van der Waals surface area contributed by atoms with Gasteiger partial charge in [0.15, 0.2) is 0 Å². The van der Waals surface area contributed by atoms with Gasteiger partial charge in [-0.2, -0.15) is 0 Å². The Balaban J connectivity index is 1.10. The predicted molar refractivity (Wildman–Crippen MR) is 323 cm³/mol. The van der Waals surface area contributed by atoms with Gasteiger partial charge >= 0.3 is 0 Å². The Morgan fingerprint density at radius 2 is 0.558 bits per heavy atom. The fourth-order valence-corrected chi connectivity index (χ4v) is 11.7.